The van der Waals surface area contributed by atoms with Gasteiger partial charge in [-0.05, 0) is 0 Å². The van der Waals surface area contributed by atoms with Crippen LogP contribution in [0.15, 0.2) is 0 Å². The summed E-state index contributed by atoms with van der Waals surface area (Å²) in [6.07, 6.45) is 0. The SMILES string of the molecule is [2H]Nc1nc(N)nc(N[2H])n1. The van der Waals surface area contributed by atoms with Crippen LogP contribution in [0.2, 0.25) is 2.82 Å². The van der Waals surface area contributed by atoms with Crippen molar-refractivity contribution in [1.82, 2.24) is 15.0 Å². The molecule has 0 spiro atoms. The van der Waals surface area contributed by atoms with Gasteiger partial charge in [0.05, 0.1) is 0 Å². The molecular formula is C3H6N6. The van der Waals surface area contributed by atoms with E-state index < -0.39 is 0 Å². The summed E-state index contributed by atoms with van der Waals surface area (Å²) in [5.74, 6) is -0.0241. The molecule has 0 aliphatic heterocycles. The van der Waals surface area contributed by atoms with Gasteiger partial charge in [-0.1, -0.05) is 0 Å². The van der Waals surface area contributed by atoms with Crippen molar-refractivity contribution in [2.24, 2.45) is 0 Å². The van der Waals surface area contributed by atoms with Crippen LogP contribution in [0, 0.1) is 0 Å². The van der Waals surface area contributed by atoms with Crippen LogP contribution in [0.1, 0.15) is 0 Å². The summed E-state index contributed by atoms with van der Waals surface area (Å²) in [6, 6.07) is 0. The maximum absolute atomic E-state index is 6.66. The van der Waals surface area contributed by atoms with Crippen LogP contribution in [0.4, 0.5) is 17.8 Å². The Morgan fingerprint density at radius 2 is 1.44 bits per heavy atom. The number of nitrogens with two attached hydrogens (primary N) is 3. The van der Waals surface area contributed by atoms with E-state index in [4.69, 9.17) is 8.56 Å². The van der Waals surface area contributed by atoms with Gasteiger partial charge in [0.25, 0.3) is 0 Å². The lowest BCUT2D eigenvalue weighted by Crippen LogP contribution is -2.05. The van der Waals surface area contributed by atoms with Crippen molar-refractivity contribution >= 4 is 17.8 Å². The number of hydrogen-bond donors (Lipinski definition) is 3. The first-order chi connectivity index (χ1) is 5.26. The minimum absolute atomic E-state index is 0.00671. The summed E-state index contributed by atoms with van der Waals surface area (Å²) in [7, 11) is 0. The molecule has 6 nitrogen and oxygen atoms in total. The molecule has 0 radical (unpaired) electrons. The lowest BCUT2D eigenvalue weighted by atomic mass is 10.9. The van der Waals surface area contributed by atoms with E-state index in [0.717, 1.165) is 0 Å². The van der Waals surface area contributed by atoms with E-state index in [1.807, 2.05) is 11.5 Å². The number of rotatable bonds is 2. The molecule has 1 rings (SSSR count). The lowest BCUT2D eigenvalue weighted by molar-refractivity contribution is 1.09. The van der Waals surface area contributed by atoms with Gasteiger partial charge >= 0.3 is 0 Å². The van der Waals surface area contributed by atoms with Gasteiger partial charge in [0, 0.05) is 0 Å². The summed E-state index contributed by atoms with van der Waals surface area (Å²) < 4.78 is 13.3. The Bertz CT molecular complexity index is 229. The van der Waals surface area contributed by atoms with Crippen LogP contribution in [0.3, 0.4) is 0 Å². The third-order valence-electron chi connectivity index (χ3n) is 0.653. The first kappa shape index (κ1) is 3.44. The largest absolute Gasteiger partial charge is 0.368 e. The standard InChI is InChI=1S/C3H6N6/c4-1-7-2(5)9-3(6)8-1/h(H6,4,5,6,7,8,9)/i/hD2. The summed E-state index contributed by atoms with van der Waals surface area (Å²) in [6.45, 7) is 0. The normalized spacial score (nSPS) is 11.6. The van der Waals surface area contributed by atoms with Crippen LogP contribution in [0.5, 0.6) is 0 Å². The quantitative estimate of drug-likeness (QED) is 0.451. The summed E-state index contributed by atoms with van der Waals surface area (Å²) in [5.41, 5.74) is 9.06. The Morgan fingerprint density at radius 1 is 1.00 bits per heavy atom. The fourth-order valence-electron chi connectivity index (χ4n) is 0.392. The molecule has 48 valence electrons. The van der Waals surface area contributed by atoms with Crippen LogP contribution < -0.4 is 17.2 Å². The Hall–Kier alpha value is -1.59. The molecule has 0 aliphatic rings. The molecule has 9 heavy (non-hydrogen) atoms. The van der Waals surface area contributed by atoms with Gasteiger partial charge in [-0.25, -0.2) is 0 Å². The van der Waals surface area contributed by atoms with Crippen molar-refractivity contribution < 1.29 is 2.82 Å². The molecule has 0 atom stereocenters. The highest BCUT2D eigenvalue weighted by Gasteiger charge is 1.93. The minimum Gasteiger partial charge on any atom is -0.368 e. The number of nitrogen functional groups attached to an aromatic ring is 3. The molecule has 0 fully saturated rings. The second-order valence-electron chi connectivity index (χ2n) is 1.34. The first-order valence-corrected chi connectivity index (χ1v) is 2.13. The highest BCUT2D eigenvalue weighted by atomic mass is 15.2. The molecule has 0 aromatic carbocycles. The summed E-state index contributed by atoms with van der Waals surface area (Å²) in [4.78, 5) is 10.6. The fraction of sp³-hybridized carbons (Fsp3) is 0. The average molecular weight is 128 g/mol. The molecule has 0 saturated heterocycles. The van der Waals surface area contributed by atoms with Crippen molar-refractivity contribution in [2.75, 3.05) is 17.2 Å². The van der Waals surface area contributed by atoms with Gasteiger partial charge in [0.2, 0.25) is 17.8 Å². The number of anilines is 3. The van der Waals surface area contributed by atoms with E-state index in [9.17, 15) is 0 Å². The zero-order chi connectivity index (χ0) is 8.27. The van der Waals surface area contributed by atoms with Crippen LogP contribution >= 0.6 is 0 Å². The monoisotopic (exact) mass is 128 g/mol. The average Bonchev–Trinajstić information content (AvgIpc) is 2.03. The Labute approximate surface area is 54.0 Å². The van der Waals surface area contributed by atoms with E-state index >= 15 is 0 Å². The van der Waals surface area contributed by atoms with Gasteiger partial charge in [0.1, 0.15) is 0 Å². The third-order valence-corrected chi connectivity index (χ3v) is 0.653. The molecule has 0 bridgehead atoms. The Morgan fingerprint density at radius 3 is 1.89 bits per heavy atom. The van der Waals surface area contributed by atoms with E-state index in [1.54, 1.807) is 0 Å². The van der Waals surface area contributed by atoms with Crippen molar-refractivity contribution in [3.63, 3.8) is 0 Å². The van der Waals surface area contributed by atoms with Crippen LogP contribution in [-0.4, -0.2) is 15.0 Å². The van der Waals surface area contributed by atoms with Crippen molar-refractivity contribution in [3.05, 3.63) is 0 Å². The Balaban J connectivity index is 3.02. The second-order valence-corrected chi connectivity index (χ2v) is 1.34. The third kappa shape index (κ3) is 1.15. The zero-order valence-corrected chi connectivity index (χ0v) is 4.42. The molecule has 0 aliphatic carbocycles. The van der Waals surface area contributed by atoms with Gasteiger partial charge in [-0.15, -0.1) is 0 Å². The van der Waals surface area contributed by atoms with Gasteiger partial charge in [-0.3, -0.25) is 0 Å². The van der Waals surface area contributed by atoms with E-state index in [-0.39, 0.29) is 17.8 Å². The van der Waals surface area contributed by atoms with Crippen molar-refractivity contribution in [2.45, 2.75) is 0 Å². The van der Waals surface area contributed by atoms with E-state index in [2.05, 4.69) is 15.0 Å². The Kier molecular flexibility index (Phi) is 0.661. The minimum atomic E-state index is -0.0375. The molecule has 0 unspecified atom stereocenters. The molecule has 6 N–H and O–H groups in total. The second kappa shape index (κ2) is 1.73. The predicted octanol–water partition coefficient (Wildman–Crippen LogP) is -1.38. The zero-order valence-electron chi connectivity index (χ0n) is 6.42. The molecule has 1 heterocycles. The van der Waals surface area contributed by atoms with Crippen molar-refractivity contribution in [1.29, 1.82) is 0 Å². The van der Waals surface area contributed by atoms with Gasteiger partial charge in [0.15, 0.2) is 2.82 Å². The van der Waals surface area contributed by atoms with E-state index in [0.29, 0.717) is 0 Å². The molecule has 0 saturated carbocycles. The number of aromatic nitrogens is 3. The highest BCUT2D eigenvalue weighted by molar-refractivity contribution is 5.33. The molecule has 6 heteroatoms. The van der Waals surface area contributed by atoms with Gasteiger partial charge in [-0.2, -0.15) is 15.0 Å². The highest BCUT2D eigenvalue weighted by Crippen LogP contribution is 1.97. The van der Waals surface area contributed by atoms with E-state index in [1.165, 1.54) is 0 Å². The maximum atomic E-state index is 6.66. The summed E-state index contributed by atoms with van der Waals surface area (Å²) >= 11 is 0. The first-order valence-electron chi connectivity index (χ1n) is 3.13. The number of nitrogens with zero attached hydrogens (tertiary/aromatic N) is 3. The number of hydrogen-bond acceptors (Lipinski definition) is 6. The van der Waals surface area contributed by atoms with Crippen LogP contribution in [0.25, 0.3) is 0 Å². The van der Waals surface area contributed by atoms with Gasteiger partial charge < -0.3 is 17.2 Å². The molecule has 0 amide bonds. The smallest absolute Gasteiger partial charge is 0.226 e. The summed E-state index contributed by atoms with van der Waals surface area (Å²) in [5, 5.41) is 0. The molecule has 1 aromatic rings. The van der Waals surface area contributed by atoms with Crippen LogP contribution in [-0.2, 0) is 0 Å². The lowest BCUT2D eigenvalue weighted by Gasteiger charge is -1.93. The molecular weight excluding hydrogens is 120 g/mol. The topological polar surface area (TPSA) is 117 Å². The van der Waals surface area contributed by atoms with Crippen molar-refractivity contribution in [3.8, 4) is 0 Å². The predicted molar refractivity (Wildman–Crippen MR) is 33.1 cm³/mol. The maximum Gasteiger partial charge on any atom is 0.226 e. The molecule has 1 aromatic heterocycles. The fourth-order valence-corrected chi connectivity index (χ4v) is 0.392.